The van der Waals surface area contributed by atoms with E-state index in [9.17, 15) is 0 Å². The summed E-state index contributed by atoms with van der Waals surface area (Å²) >= 11 is 0. The number of nitrogens with zero attached hydrogens (tertiary/aromatic N) is 1. The van der Waals surface area contributed by atoms with Crippen LogP contribution in [-0.2, 0) is 16.2 Å². The van der Waals surface area contributed by atoms with Gasteiger partial charge in [-0.25, -0.2) is 0 Å². The molecule has 12 rings (SSSR count). The van der Waals surface area contributed by atoms with Crippen LogP contribution in [0.2, 0.25) is 0 Å². The third-order valence-electron chi connectivity index (χ3n) is 15.1. The molecule has 4 fully saturated rings. The number of hydrogen-bond donors (Lipinski definition) is 0. The van der Waals surface area contributed by atoms with Crippen molar-refractivity contribution >= 4 is 17.1 Å². The summed E-state index contributed by atoms with van der Waals surface area (Å²) in [4.78, 5) is 2.60. The molecule has 1 spiro atoms. The highest BCUT2D eigenvalue weighted by molar-refractivity contribution is 5.84. The summed E-state index contributed by atoms with van der Waals surface area (Å²) in [6.07, 6.45) is 9.06. The molecule has 1 heterocycles. The Labute approximate surface area is 333 Å². The summed E-state index contributed by atoms with van der Waals surface area (Å²) < 4.78 is 7.11. The first kappa shape index (κ1) is 34.2. The molecule has 6 aliphatic rings. The molecule has 1 aliphatic heterocycles. The van der Waals surface area contributed by atoms with Crippen molar-refractivity contribution in [3.05, 3.63) is 162 Å². The van der Waals surface area contributed by atoms with Crippen LogP contribution in [0.1, 0.15) is 94.9 Å². The molecule has 0 radical (unpaired) electrons. The van der Waals surface area contributed by atoms with Crippen molar-refractivity contribution in [3.8, 4) is 33.8 Å². The van der Waals surface area contributed by atoms with Gasteiger partial charge >= 0.3 is 0 Å². The fourth-order valence-corrected chi connectivity index (χ4v) is 12.7. The maximum Gasteiger partial charge on any atom is 0.132 e. The van der Waals surface area contributed by atoms with Gasteiger partial charge in [0.2, 0.25) is 0 Å². The van der Waals surface area contributed by atoms with Crippen molar-refractivity contribution in [1.82, 2.24) is 0 Å². The first-order valence-electron chi connectivity index (χ1n) is 21.3. The van der Waals surface area contributed by atoms with Gasteiger partial charge in [0.1, 0.15) is 11.5 Å². The predicted octanol–water partition coefficient (Wildman–Crippen LogP) is 14.7. The van der Waals surface area contributed by atoms with Gasteiger partial charge in [0.15, 0.2) is 0 Å². The lowest BCUT2D eigenvalue weighted by Crippen LogP contribution is -2.57. The second-order valence-electron chi connectivity index (χ2n) is 19.2. The SMILES string of the molecule is CC1(C)CCC(C)(C)c2c(N(c3ccc(-c4ccccc4)cc3)c3ccc4c(c3)C3(c5c(cccc5-c5ccccc5)O4)C4CC5CC(C4)CC3C5)cccc21. The second-order valence-corrected chi connectivity index (χ2v) is 19.2. The van der Waals surface area contributed by atoms with Gasteiger partial charge in [0, 0.05) is 27.9 Å². The normalized spacial score (nSPS) is 25.9. The number of ether oxygens (including phenoxy) is 1. The summed E-state index contributed by atoms with van der Waals surface area (Å²) in [5.41, 5.74) is 14.7. The molecular weight excluding hydrogens is 679 g/mol. The fraction of sp³-hybridized carbons (Fsp3) is 0.333. The van der Waals surface area contributed by atoms with E-state index in [1.807, 2.05) is 0 Å². The van der Waals surface area contributed by atoms with Crippen LogP contribution in [0.3, 0.4) is 0 Å². The molecule has 0 atom stereocenters. The van der Waals surface area contributed by atoms with Crippen LogP contribution in [0.25, 0.3) is 22.3 Å². The Kier molecular flexibility index (Phi) is 7.61. The highest BCUT2D eigenvalue weighted by atomic mass is 16.5. The molecule has 0 unspecified atom stereocenters. The third kappa shape index (κ3) is 5.07. The molecular formula is C54H53NO. The number of rotatable bonds is 5. The highest BCUT2D eigenvalue weighted by Crippen LogP contribution is 2.70. The summed E-state index contributed by atoms with van der Waals surface area (Å²) in [6, 6.07) is 52.4. The Hall–Kier alpha value is -5.08. The maximum absolute atomic E-state index is 7.11. The molecule has 0 amide bonds. The van der Waals surface area contributed by atoms with Crippen molar-refractivity contribution in [2.75, 3.05) is 4.90 Å². The molecule has 56 heavy (non-hydrogen) atoms. The van der Waals surface area contributed by atoms with Crippen LogP contribution < -0.4 is 9.64 Å². The Morgan fingerprint density at radius 2 is 1.09 bits per heavy atom. The van der Waals surface area contributed by atoms with Gasteiger partial charge in [-0.05, 0) is 155 Å². The highest BCUT2D eigenvalue weighted by Gasteiger charge is 2.62. The molecule has 4 bridgehead atoms. The molecule has 2 heteroatoms. The molecule has 2 nitrogen and oxygen atoms in total. The molecule has 280 valence electrons. The Morgan fingerprint density at radius 1 is 0.482 bits per heavy atom. The van der Waals surface area contributed by atoms with E-state index in [4.69, 9.17) is 4.74 Å². The first-order chi connectivity index (χ1) is 27.2. The first-order valence-corrected chi connectivity index (χ1v) is 21.3. The van der Waals surface area contributed by atoms with Crippen molar-refractivity contribution in [3.63, 3.8) is 0 Å². The third-order valence-corrected chi connectivity index (χ3v) is 15.1. The van der Waals surface area contributed by atoms with Crippen LogP contribution in [0.5, 0.6) is 11.5 Å². The van der Waals surface area contributed by atoms with E-state index in [2.05, 4.69) is 172 Å². The molecule has 6 aromatic carbocycles. The molecule has 0 aromatic heterocycles. The summed E-state index contributed by atoms with van der Waals surface area (Å²) in [7, 11) is 0. The van der Waals surface area contributed by atoms with Gasteiger partial charge in [0.05, 0.1) is 5.69 Å². The average molecular weight is 732 g/mol. The Bertz CT molecular complexity index is 2430. The smallest absolute Gasteiger partial charge is 0.132 e. The average Bonchev–Trinajstić information content (AvgIpc) is 3.22. The maximum atomic E-state index is 7.11. The molecule has 5 aliphatic carbocycles. The molecule has 0 N–H and O–H groups in total. The van der Waals surface area contributed by atoms with E-state index in [0.717, 1.165) is 29.8 Å². The standard InChI is InChI=1S/C54H53NO/c1-52(2)27-28-53(3,4)51-45(52)18-12-19-47(51)55(42-23-21-38(22-24-42)37-13-7-5-8-14-37)43-25-26-48-46(34-43)54(40-30-35-29-36(32-40)33-41(54)31-35)50-44(17-11-20-49(50)56-48)39-15-9-6-10-16-39/h5-26,34-36,40-41H,27-33H2,1-4H3. The summed E-state index contributed by atoms with van der Waals surface area (Å²) in [5, 5.41) is 0. The number of anilines is 3. The predicted molar refractivity (Wildman–Crippen MR) is 232 cm³/mol. The number of benzene rings is 6. The lowest BCUT2D eigenvalue weighted by molar-refractivity contribution is -0.0449. The van der Waals surface area contributed by atoms with Crippen LogP contribution in [0.4, 0.5) is 17.1 Å². The van der Waals surface area contributed by atoms with Gasteiger partial charge in [-0.3, -0.25) is 0 Å². The number of fused-ring (bicyclic) bond motifs is 3. The minimum atomic E-state index is -0.0982. The van der Waals surface area contributed by atoms with Gasteiger partial charge in [-0.15, -0.1) is 0 Å². The zero-order valence-corrected chi connectivity index (χ0v) is 33.4. The lowest BCUT2D eigenvalue weighted by atomic mass is 9.41. The minimum absolute atomic E-state index is 0.0349. The quantitative estimate of drug-likeness (QED) is 0.175. The van der Waals surface area contributed by atoms with Crippen molar-refractivity contribution in [1.29, 1.82) is 0 Å². The van der Waals surface area contributed by atoms with E-state index in [1.165, 1.54) is 100 Å². The molecule has 4 saturated carbocycles. The zero-order chi connectivity index (χ0) is 37.8. The number of hydrogen-bond acceptors (Lipinski definition) is 2. The topological polar surface area (TPSA) is 12.5 Å². The van der Waals surface area contributed by atoms with Crippen molar-refractivity contribution in [2.45, 2.75) is 88.9 Å². The van der Waals surface area contributed by atoms with E-state index in [1.54, 1.807) is 0 Å². The van der Waals surface area contributed by atoms with Crippen LogP contribution in [-0.4, -0.2) is 0 Å². The Morgan fingerprint density at radius 3 is 1.79 bits per heavy atom. The fourth-order valence-electron chi connectivity index (χ4n) is 12.7. The lowest BCUT2D eigenvalue weighted by Gasteiger charge is -2.63. The van der Waals surface area contributed by atoms with Crippen LogP contribution in [0, 0.1) is 23.7 Å². The van der Waals surface area contributed by atoms with E-state index in [-0.39, 0.29) is 16.2 Å². The van der Waals surface area contributed by atoms with E-state index in [0.29, 0.717) is 11.8 Å². The largest absolute Gasteiger partial charge is 0.457 e. The Balaban J connectivity index is 1.16. The van der Waals surface area contributed by atoms with Crippen molar-refractivity contribution in [2.24, 2.45) is 23.7 Å². The zero-order valence-electron chi connectivity index (χ0n) is 33.4. The molecule has 0 saturated heterocycles. The van der Waals surface area contributed by atoms with E-state index < -0.39 is 0 Å². The minimum Gasteiger partial charge on any atom is -0.457 e. The van der Waals surface area contributed by atoms with E-state index >= 15 is 0 Å². The van der Waals surface area contributed by atoms with Gasteiger partial charge in [-0.1, -0.05) is 125 Å². The van der Waals surface area contributed by atoms with Gasteiger partial charge < -0.3 is 9.64 Å². The second kappa shape index (κ2) is 12.5. The summed E-state index contributed by atoms with van der Waals surface area (Å²) in [6.45, 7) is 9.82. The van der Waals surface area contributed by atoms with Crippen LogP contribution in [0.15, 0.2) is 140 Å². The van der Waals surface area contributed by atoms with Gasteiger partial charge in [-0.2, -0.15) is 0 Å². The monoisotopic (exact) mass is 731 g/mol. The van der Waals surface area contributed by atoms with Crippen molar-refractivity contribution < 1.29 is 4.74 Å². The molecule has 6 aromatic rings. The van der Waals surface area contributed by atoms with Gasteiger partial charge in [0.25, 0.3) is 0 Å². The summed E-state index contributed by atoms with van der Waals surface area (Å²) in [5.74, 6) is 5.02. The van der Waals surface area contributed by atoms with Crippen LogP contribution >= 0.6 is 0 Å².